The van der Waals surface area contributed by atoms with Gasteiger partial charge in [-0.1, -0.05) is 12.1 Å². The number of rotatable bonds is 6. The number of nitrogens with zero attached hydrogens (tertiary/aromatic N) is 1. The highest BCUT2D eigenvalue weighted by Gasteiger charge is 2.19. The molecule has 0 atom stereocenters. The quantitative estimate of drug-likeness (QED) is 0.815. The van der Waals surface area contributed by atoms with Crippen molar-refractivity contribution in [2.24, 2.45) is 0 Å². The van der Waals surface area contributed by atoms with E-state index < -0.39 is 0 Å². The normalized spacial score (nSPS) is 11.1. The van der Waals surface area contributed by atoms with Crippen LogP contribution in [0.5, 0.6) is 0 Å². The summed E-state index contributed by atoms with van der Waals surface area (Å²) in [5.74, 6) is 0.621. The molecule has 3 nitrogen and oxygen atoms in total. The lowest BCUT2D eigenvalue weighted by Gasteiger charge is -2.30. The maximum absolute atomic E-state index is 12.2. The van der Waals surface area contributed by atoms with Gasteiger partial charge < -0.3 is 10.0 Å². The van der Waals surface area contributed by atoms with Crippen molar-refractivity contribution in [1.29, 1.82) is 0 Å². The molecule has 0 radical (unpaired) electrons. The van der Waals surface area contributed by atoms with Gasteiger partial charge in [0.1, 0.15) is 0 Å². The van der Waals surface area contributed by atoms with Crippen molar-refractivity contribution in [3.8, 4) is 0 Å². The molecule has 1 rings (SSSR count). The van der Waals surface area contributed by atoms with Gasteiger partial charge in [0.25, 0.3) is 0 Å². The molecular weight excluding hydrogens is 258 g/mol. The molecule has 1 aromatic carbocycles. The summed E-state index contributed by atoms with van der Waals surface area (Å²) in [5.41, 5.74) is 0.890. The van der Waals surface area contributed by atoms with Crippen molar-refractivity contribution >= 4 is 17.7 Å². The smallest absolute Gasteiger partial charge is 0.233 e. The van der Waals surface area contributed by atoms with Gasteiger partial charge in [0.15, 0.2) is 0 Å². The Morgan fingerprint density at radius 1 is 1.16 bits per heavy atom. The Morgan fingerprint density at radius 2 is 1.68 bits per heavy atom. The molecule has 1 amide bonds. The number of benzene rings is 1. The molecule has 0 aliphatic carbocycles. The molecule has 106 valence electrons. The fraction of sp³-hybridized carbons (Fsp3) is 0.533. The molecule has 0 aromatic heterocycles. The zero-order valence-electron chi connectivity index (χ0n) is 12.1. The topological polar surface area (TPSA) is 40.5 Å². The van der Waals surface area contributed by atoms with Crippen LogP contribution in [0.15, 0.2) is 29.2 Å². The molecule has 0 unspecified atom stereocenters. The summed E-state index contributed by atoms with van der Waals surface area (Å²) < 4.78 is 0. The second-order valence-corrected chi connectivity index (χ2v) is 6.13. The molecule has 0 aliphatic rings. The zero-order valence-corrected chi connectivity index (χ0v) is 12.9. The third kappa shape index (κ3) is 4.88. The molecule has 0 saturated carbocycles. The summed E-state index contributed by atoms with van der Waals surface area (Å²) in [7, 11) is 0. The Balaban J connectivity index is 2.57. The van der Waals surface area contributed by atoms with Crippen molar-refractivity contribution < 1.29 is 9.90 Å². The number of amides is 1. The maximum Gasteiger partial charge on any atom is 0.233 e. The first-order valence-corrected chi connectivity index (χ1v) is 7.58. The summed E-state index contributed by atoms with van der Waals surface area (Å²) in [6.45, 7) is 8.22. The number of hydrogen-bond acceptors (Lipinski definition) is 3. The van der Waals surface area contributed by atoms with Crippen LogP contribution < -0.4 is 0 Å². The van der Waals surface area contributed by atoms with Crippen molar-refractivity contribution in [2.45, 2.75) is 51.3 Å². The van der Waals surface area contributed by atoms with E-state index in [0.29, 0.717) is 5.75 Å². The number of carbonyl (C=O) groups is 1. The molecule has 1 N–H and O–H groups in total. The summed E-state index contributed by atoms with van der Waals surface area (Å²) in [6.07, 6.45) is 0. The number of thioether (sulfide) groups is 1. The van der Waals surface area contributed by atoms with Crippen molar-refractivity contribution in [3.05, 3.63) is 29.8 Å². The van der Waals surface area contributed by atoms with Gasteiger partial charge in [0, 0.05) is 17.0 Å². The SMILES string of the molecule is CC(C)N(C(=O)CSc1ccc(CO)cc1)C(C)C. The standard InChI is InChI=1S/C15H23NO2S/c1-11(2)16(12(3)4)15(18)10-19-14-7-5-13(9-17)6-8-14/h5-8,11-12,17H,9-10H2,1-4H3. The fourth-order valence-electron chi connectivity index (χ4n) is 2.08. The highest BCUT2D eigenvalue weighted by Crippen LogP contribution is 2.20. The second-order valence-electron chi connectivity index (χ2n) is 5.08. The average molecular weight is 281 g/mol. The lowest BCUT2D eigenvalue weighted by Crippen LogP contribution is -2.43. The maximum atomic E-state index is 12.2. The van der Waals surface area contributed by atoms with Crippen LogP contribution in [0.3, 0.4) is 0 Å². The van der Waals surface area contributed by atoms with Crippen molar-refractivity contribution in [2.75, 3.05) is 5.75 Å². The molecule has 0 saturated heterocycles. The first-order chi connectivity index (χ1) is 8.95. The van der Waals surface area contributed by atoms with Crippen LogP contribution in [0.4, 0.5) is 0 Å². The van der Waals surface area contributed by atoms with E-state index in [1.807, 2.05) is 56.9 Å². The largest absolute Gasteiger partial charge is 0.392 e. The number of aliphatic hydroxyl groups is 1. The lowest BCUT2D eigenvalue weighted by molar-refractivity contribution is -0.131. The monoisotopic (exact) mass is 281 g/mol. The highest BCUT2D eigenvalue weighted by molar-refractivity contribution is 8.00. The summed E-state index contributed by atoms with van der Waals surface area (Å²) in [4.78, 5) is 15.2. The summed E-state index contributed by atoms with van der Waals surface area (Å²) >= 11 is 1.54. The Kier molecular flexibility index (Phi) is 6.38. The van der Waals surface area contributed by atoms with E-state index in [-0.39, 0.29) is 24.6 Å². The van der Waals surface area contributed by atoms with Crippen LogP contribution in [0.2, 0.25) is 0 Å². The minimum absolute atomic E-state index is 0.0539. The molecule has 0 fully saturated rings. The van der Waals surface area contributed by atoms with Gasteiger partial charge in [-0.3, -0.25) is 4.79 Å². The van der Waals surface area contributed by atoms with E-state index >= 15 is 0 Å². The first kappa shape index (κ1) is 16.1. The minimum atomic E-state index is 0.0539. The predicted octanol–water partition coefficient (Wildman–Crippen LogP) is 2.92. The molecule has 0 spiro atoms. The molecule has 4 heteroatoms. The van der Waals surface area contributed by atoms with E-state index in [1.54, 1.807) is 0 Å². The van der Waals surface area contributed by atoms with Crippen LogP contribution in [-0.4, -0.2) is 33.8 Å². The number of hydrogen-bond donors (Lipinski definition) is 1. The first-order valence-electron chi connectivity index (χ1n) is 6.59. The van der Waals surface area contributed by atoms with Gasteiger partial charge in [-0.05, 0) is 45.4 Å². The third-order valence-electron chi connectivity index (χ3n) is 2.87. The Morgan fingerprint density at radius 3 is 2.11 bits per heavy atom. The van der Waals surface area contributed by atoms with Crippen LogP contribution in [0.1, 0.15) is 33.3 Å². The van der Waals surface area contributed by atoms with Crippen molar-refractivity contribution in [1.82, 2.24) is 4.90 Å². The summed E-state index contributed by atoms with van der Waals surface area (Å²) in [6, 6.07) is 8.11. The molecule has 0 heterocycles. The van der Waals surface area contributed by atoms with Crippen LogP contribution >= 0.6 is 11.8 Å². The van der Waals surface area contributed by atoms with E-state index in [0.717, 1.165) is 10.5 Å². The van der Waals surface area contributed by atoms with Gasteiger partial charge >= 0.3 is 0 Å². The Hall–Kier alpha value is -1.00. The van der Waals surface area contributed by atoms with Gasteiger partial charge in [-0.2, -0.15) is 0 Å². The van der Waals surface area contributed by atoms with E-state index in [4.69, 9.17) is 5.11 Å². The van der Waals surface area contributed by atoms with E-state index in [1.165, 1.54) is 11.8 Å². The van der Waals surface area contributed by atoms with E-state index in [2.05, 4.69) is 0 Å². The van der Waals surface area contributed by atoms with Gasteiger partial charge in [0.2, 0.25) is 5.91 Å². The minimum Gasteiger partial charge on any atom is -0.392 e. The number of carbonyl (C=O) groups excluding carboxylic acids is 1. The molecular formula is C15H23NO2S. The Labute approximate surface area is 120 Å². The predicted molar refractivity (Wildman–Crippen MR) is 80.2 cm³/mol. The zero-order chi connectivity index (χ0) is 14.4. The van der Waals surface area contributed by atoms with Crippen LogP contribution in [-0.2, 0) is 11.4 Å². The van der Waals surface area contributed by atoms with Gasteiger partial charge in [-0.15, -0.1) is 11.8 Å². The second kappa shape index (κ2) is 7.56. The van der Waals surface area contributed by atoms with E-state index in [9.17, 15) is 4.79 Å². The molecule has 0 aliphatic heterocycles. The fourth-order valence-corrected chi connectivity index (χ4v) is 2.85. The van der Waals surface area contributed by atoms with Crippen LogP contribution in [0.25, 0.3) is 0 Å². The van der Waals surface area contributed by atoms with Crippen molar-refractivity contribution in [3.63, 3.8) is 0 Å². The Bertz CT molecular complexity index is 393. The third-order valence-corrected chi connectivity index (χ3v) is 3.87. The lowest BCUT2D eigenvalue weighted by atomic mass is 10.2. The summed E-state index contributed by atoms with van der Waals surface area (Å²) in [5, 5.41) is 8.97. The van der Waals surface area contributed by atoms with Gasteiger partial charge in [-0.25, -0.2) is 0 Å². The van der Waals surface area contributed by atoms with Crippen LogP contribution in [0, 0.1) is 0 Å². The number of aliphatic hydroxyl groups excluding tert-OH is 1. The molecule has 0 bridgehead atoms. The molecule has 19 heavy (non-hydrogen) atoms. The van der Waals surface area contributed by atoms with Gasteiger partial charge in [0.05, 0.1) is 12.4 Å². The average Bonchev–Trinajstić information content (AvgIpc) is 2.36. The molecule has 1 aromatic rings. The highest BCUT2D eigenvalue weighted by atomic mass is 32.2.